The fraction of sp³-hybridized carbons (Fsp3) is 0.538. The van der Waals surface area contributed by atoms with Gasteiger partial charge in [0, 0.05) is 6.04 Å². The minimum absolute atomic E-state index is 0.612. The molecule has 1 aromatic rings. The van der Waals surface area contributed by atoms with Crippen LogP contribution in [0.15, 0.2) is 24.3 Å². The zero-order valence-corrected chi connectivity index (χ0v) is 9.49. The van der Waals surface area contributed by atoms with E-state index in [1.807, 2.05) is 12.1 Å². The van der Waals surface area contributed by atoms with Crippen molar-refractivity contribution >= 4 is 0 Å². The molecule has 0 amide bonds. The van der Waals surface area contributed by atoms with Crippen LogP contribution in [0.4, 0.5) is 0 Å². The van der Waals surface area contributed by atoms with Crippen molar-refractivity contribution in [3.05, 3.63) is 29.8 Å². The average Bonchev–Trinajstić information content (AvgIpc) is 2.65. The summed E-state index contributed by atoms with van der Waals surface area (Å²) in [6, 6.07) is 8.91. The van der Waals surface area contributed by atoms with E-state index in [4.69, 9.17) is 4.74 Å². The molecule has 2 rings (SSSR count). The lowest BCUT2D eigenvalue weighted by molar-refractivity contribution is 0.402. The van der Waals surface area contributed by atoms with E-state index in [1.165, 1.54) is 12.0 Å². The first-order chi connectivity index (χ1) is 7.31. The molecule has 1 heterocycles. The van der Waals surface area contributed by atoms with Crippen molar-refractivity contribution in [2.75, 3.05) is 13.7 Å². The monoisotopic (exact) mass is 205 g/mol. The van der Waals surface area contributed by atoms with Gasteiger partial charge in [-0.2, -0.15) is 0 Å². The molecular weight excluding hydrogens is 186 g/mol. The van der Waals surface area contributed by atoms with Crippen LogP contribution < -0.4 is 10.1 Å². The second-order valence-corrected chi connectivity index (χ2v) is 4.34. The van der Waals surface area contributed by atoms with Crippen molar-refractivity contribution in [3.63, 3.8) is 0 Å². The van der Waals surface area contributed by atoms with Crippen LogP contribution in [-0.2, 0) is 6.42 Å². The van der Waals surface area contributed by atoms with Gasteiger partial charge in [-0.25, -0.2) is 0 Å². The molecule has 2 heteroatoms. The number of benzene rings is 1. The summed E-state index contributed by atoms with van der Waals surface area (Å²) in [4.78, 5) is 0. The lowest BCUT2D eigenvalue weighted by Gasteiger charge is -2.17. The molecule has 1 aliphatic rings. The standard InChI is InChI=1S/C13H19NO/c1-10-7-8-14-12(10)9-11-5-3-4-6-13(11)15-2/h3-6,10,12,14H,7-9H2,1-2H3/t10-,12+/m0/s1. The van der Waals surface area contributed by atoms with E-state index in [0.29, 0.717) is 6.04 Å². The fourth-order valence-corrected chi connectivity index (χ4v) is 2.28. The summed E-state index contributed by atoms with van der Waals surface area (Å²) in [5, 5.41) is 3.55. The summed E-state index contributed by atoms with van der Waals surface area (Å²) in [5.41, 5.74) is 1.31. The van der Waals surface area contributed by atoms with E-state index < -0.39 is 0 Å². The van der Waals surface area contributed by atoms with Gasteiger partial charge in [0.25, 0.3) is 0 Å². The van der Waals surface area contributed by atoms with Crippen molar-refractivity contribution in [2.24, 2.45) is 5.92 Å². The summed E-state index contributed by atoms with van der Waals surface area (Å²) in [6.07, 6.45) is 2.37. The molecule has 15 heavy (non-hydrogen) atoms. The molecule has 0 unspecified atom stereocenters. The van der Waals surface area contributed by atoms with Crippen molar-refractivity contribution in [1.29, 1.82) is 0 Å². The Morgan fingerprint density at radius 3 is 2.87 bits per heavy atom. The molecule has 0 bridgehead atoms. The van der Waals surface area contributed by atoms with Gasteiger partial charge >= 0.3 is 0 Å². The third kappa shape index (κ3) is 2.32. The summed E-state index contributed by atoms with van der Waals surface area (Å²) < 4.78 is 5.36. The van der Waals surface area contributed by atoms with Crippen molar-refractivity contribution in [2.45, 2.75) is 25.8 Å². The van der Waals surface area contributed by atoms with Gasteiger partial charge in [0.05, 0.1) is 7.11 Å². The van der Waals surface area contributed by atoms with Crippen LogP contribution in [0.1, 0.15) is 18.9 Å². The summed E-state index contributed by atoms with van der Waals surface area (Å²) in [5.74, 6) is 1.79. The van der Waals surface area contributed by atoms with Gasteiger partial charge in [-0.15, -0.1) is 0 Å². The summed E-state index contributed by atoms with van der Waals surface area (Å²) in [6.45, 7) is 3.47. The zero-order valence-electron chi connectivity index (χ0n) is 9.49. The molecule has 0 radical (unpaired) electrons. The number of para-hydroxylation sites is 1. The Morgan fingerprint density at radius 2 is 2.20 bits per heavy atom. The number of hydrogen-bond acceptors (Lipinski definition) is 2. The molecule has 82 valence electrons. The SMILES string of the molecule is COc1ccccc1C[C@H]1NCC[C@@H]1C. The Bertz CT molecular complexity index is 324. The molecule has 1 saturated heterocycles. The zero-order chi connectivity index (χ0) is 10.7. The van der Waals surface area contributed by atoms with Crippen LogP contribution >= 0.6 is 0 Å². The quantitative estimate of drug-likeness (QED) is 0.817. The Labute approximate surface area is 91.6 Å². The van der Waals surface area contributed by atoms with Gasteiger partial charge in [-0.3, -0.25) is 0 Å². The highest BCUT2D eigenvalue weighted by atomic mass is 16.5. The van der Waals surface area contributed by atoms with E-state index in [9.17, 15) is 0 Å². The maximum atomic E-state index is 5.36. The topological polar surface area (TPSA) is 21.3 Å². The lowest BCUT2D eigenvalue weighted by atomic mass is 9.96. The van der Waals surface area contributed by atoms with Crippen LogP contribution in [0.3, 0.4) is 0 Å². The first kappa shape index (κ1) is 10.5. The van der Waals surface area contributed by atoms with Gasteiger partial charge in [-0.05, 0) is 36.9 Å². The van der Waals surface area contributed by atoms with E-state index in [2.05, 4.69) is 24.4 Å². The fourth-order valence-electron chi connectivity index (χ4n) is 2.28. The van der Waals surface area contributed by atoms with Crippen LogP contribution in [-0.4, -0.2) is 19.7 Å². The second kappa shape index (κ2) is 4.67. The van der Waals surface area contributed by atoms with Gasteiger partial charge in [0.1, 0.15) is 5.75 Å². The van der Waals surface area contributed by atoms with Gasteiger partial charge < -0.3 is 10.1 Å². The predicted octanol–water partition coefficient (Wildman–Crippen LogP) is 2.24. The Kier molecular flexibility index (Phi) is 3.27. The summed E-state index contributed by atoms with van der Waals surface area (Å²) in [7, 11) is 1.74. The molecule has 0 aromatic heterocycles. The molecule has 0 spiro atoms. The minimum atomic E-state index is 0.612. The predicted molar refractivity (Wildman–Crippen MR) is 62.3 cm³/mol. The molecule has 2 nitrogen and oxygen atoms in total. The third-order valence-electron chi connectivity index (χ3n) is 3.33. The third-order valence-corrected chi connectivity index (χ3v) is 3.33. The number of methoxy groups -OCH3 is 1. The van der Waals surface area contributed by atoms with E-state index in [-0.39, 0.29) is 0 Å². The molecule has 1 aliphatic heterocycles. The van der Waals surface area contributed by atoms with Crippen molar-refractivity contribution in [3.8, 4) is 5.75 Å². The molecule has 0 saturated carbocycles. The van der Waals surface area contributed by atoms with Gasteiger partial charge in [0.15, 0.2) is 0 Å². The highest BCUT2D eigenvalue weighted by Crippen LogP contribution is 2.24. The first-order valence-electron chi connectivity index (χ1n) is 5.66. The Balaban J connectivity index is 2.09. The highest BCUT2D eigenvalue weighted by molar-refractivity contribution is 5.34. The number of nitrogens with one attached hydrogen (secondary N) is 1. The molecule has 1 N–H and O–H groups in total. The highest BCUT2D eigenvalue weighted by Gasteiger charge is 2.23. The summed E-state index contributed by atoms with van der Waals surface area (Å²) >= 11 is 0. The molecule has 2 atom stereocenters. The molecule has 0 aliphatic carbocycles. The van der Waals surface area contributed by atoms with E-state index in [0.717, 1.165) is 24.6 Å². The van der Waals surface area contributed by atoms with Gasteiger partial charge in [0.2, 0.25) is 0 Å². The molecular formula is C13H19NO. The van der Waals surface area contributed by atoms with Crippen molar-refractivity contribution < 1.29 is 4.74 Å². The van der Waals surface area contributed by atoms with Crippen LogP contribution in [0.5, 0.6) is 5.75 Å². The van der Waals surface area contributed by atoms with Crippen LogP contribution in [0.25, 0.3) is 0 Å². The van der Waals surface area contributed by atoms with Crippen LogP contribution in [0, 0.1) is 5.92 Å². The minimum Gasteiger partial charge on any atom is -0.496 e. The lowest BCUT2D eigenvalue weighted by Crippen LogP contribution is -2.28. The number of ether oxygens (including phenoxy) is 1. The average molecular weight is 205 g/mol. The largest absolute Gasteiger partial charge is 0.496 e. The number of hydrogen-bond donors (Lipinski definition) is 1. The van der Waals surface area contributed by atoms with Crippen LogP contribution in [0.2, 0.25) is 0 Å². The number of rotatable bonds is 3. The Morgan fingerprint density at radius 1 is 1.40 bits per heavy atom. The molecule has 1 fully saturated rings. The van der Waals surface area contributed by atoms with E-state index >= 15 is 0 Å². The molecule has 1 aromatic carbocycles. The van der Waals surface area contributed by atoms with Crippen molar-refractivity contribution in [1.82, 2.24) is 5.32 Å². The maximum absolute atomic E-state index is 5.36. The normalized spacial score (nSPS) is 25.5. The van der Waals surface area contributed by atoms with E-state index in [1.54, 1.807) is 7.11 Å². The Hall–Kier alpha value is -1.02. The first-order valence-corrected chi connectivity index (χ1v) is 5.66. The second-order valence-electron chi connectivity index (χ2n) is 4.34. The smallest absolute Gasteiger partial charge is 0.122 e. The van der Waals surface area contributed by atoms with Gasteiger partial charge in [-0.1, -0.05) is 25.1 Å². The maximum Gasteiger partial charge on any atom is 0.122 e.